The van der Waals surface area contributed by atoms with Gasteiger partial charge in [-0.3, -0.25) is 24.0 Å². The van der Waals surface area contributed by atoms with E-state index in [4.69, 9.17) is 15.5 Å². The number of nitrogens with zero attached hydrogens (tertiary/aromatic N) is 6. The van der Waals surface area contributed by atoms with E-state index in [0.717, 1.165) is 42.9 Å². The van der Waals surface area contributed by atoms with Gasteiger partial charge in [0.15, 0.2) is 6.29 Å². The SMILES string of the molecule is Cc1nc(C(C=O)=CN)ccc1-c1cc2cnc(Nc3ccc(NC4CCCN(C)C4)cc3)nc2n(CCN2CCOCC2)c1=O. The average Bonchev–Trinajstić information content (AvgIpc) is 3.06. The van der Waals surface area contributed by atoms with Crippen LogP contribution in [0.5, 0.6) is 0 Å². The van der Waals surface area contributed by atoms with Crippen molar-refractivity contribution in [1.29, 1.82) is 0 Å². The number of aldehydes is 1. The normalized spacial score (nSPS) is 18.0. The Morgan fingerprint density at radius 2 is 1.83 bits per heavy atom. The van der Waals surface area contributed by atoms with Gasteiger partial charge in [-0.1, -0.05) is 6.07 Å². The zero-order valence-electron chi connectivity index (χ0n) is 26.4. The molecule has 3 aromatic heterocycles. The van der Waals surface area contributed by atoms with E-state index in [1.807, 2.05) is 25.1 Å². The number of hydrogen-bond acceptors (Lipinski definition) is 11. The molecule has 240 valence electrons. The quantitative estimate of drug-likeness (QED) is 0.177. The Hall–Kier alpha value is -4.65. The average molecular weight is 624 g/mol. The van der Waals surface area contributed by atoms with E-state index in [2.05, 4.69) is 49.6 Å². The van der Waals surface area contributed by atoms with Gasteiger partial charge in [0.2, 0.25) is 5.95 Å². The molecule has 12 nitrogen and oxygen atoms in total. The number of ether oxygens (including phenoxy) is 1. The molecule has 5 heterocycles. The second-order valence-corrected chi connectivity index (χ2v) is 12.0. The summed E-state index contributed by atoms with van der Waals surface area (Å²) in [6.07, 6.45) is 6.00. The molecule has 1 atom stereocenters. The number of carbonyl (C=O) groups is 1. The van der Waals surface area contributed by atoms with Gasteiger partial charge >= 0.3 is 0 Å². The maximum Gasteiger partial charge on any atom is 0.260 e. The number of aryl methyl sites for hydroxylation is 1. The first-order chi connectivity index (χ1) is 22.4. The standard InChI is InChI=1S/C34H41N9O3/c1-23-29(9-10-31(37-23)25(19-35)22-44)30-18-24-20-36-34(40-32(24)43(33(30)45)13-12-42-14-16-46-17-15-42)39-27-7-5-26(6-8-27)38-28-4-3-11-41(2)21-28/h5-10,18-20,22,28,38H,3-4,11-17,21,35H2,1-2H3,(H,36,39,40). The summed E-state index contributed by atoms with van der Waals surface area (Å²) in [5.74, 6) is 0.409. The fourth-order valence-corrected chi connectivity index (χ4v) is 6.18. The molecule has 0 radical (unpaired) electrons. The van der Waals surface area contributed by atoms with E-state index in [-0.39, 0.29) is 11.1 Å². The predicted octanol–water partition coefficient (Wildman–Crippen LogP) is 3.24. The highest BCUT2D eigenvalue weighted by Gasteiger charge is 2.19. The summed E-state index contributed by atoms with van der Waals surface area (Å²) in [7, 11) is 2.16. The molecule has 0 aliphatic carbocycles. The van der Waals surface area contributed by atoms with Crippen LogP contribution in [0.1, 0.15) is 24.2 Å². The Bertz CT molecular complexity index is 1780. The Morgan fingerprint density at radius 1 is 1.04 bits per heavy atom. The van der Waals surface area contributed by atoms with Crippen LogP contribution in [0.25, 0.3) is 27.7 Å². The first kappa shape index (κ1) is 31.3. The summed E-state index contributed by atoms with van der Waals surface area (Å²) in [5.41, 5.74) is 10.4. The van der Waals surface area contributed by atoms with Crippen LogP contribution in [0, 0.1) is 6.92 Å². The Kier molecular flexibility index (Phi) is 9.67. The van der Waals surface area contributed by atoms with Crippen LogP contribution in [0.2, 0.25) is 0 Å². The number of likely N-dealkylation sites (N-methyl/N-ethyl adjacent to an activating group) is 1. The minimum Gasteiger partial charge on any atom is -0.404 e. The molecule has 2 aliphatic heterocycles. The lowest BCUT2D eigenvalue weighted by atomic mass is 10.0. The molecule has 2 fully saturated rings. The van der Waals surface area contributed by atoms with Crippen molar-refractivity contribution in [3.63, 3.8) is 0 Å². The Labute approximate surface area is 268 Å². The highest BCUT2D eigenvalue weighted by Crippen LogP contribution is 2.26. The van der Waals surface area contributed by atoms with Gasteiger partial charge in [0.25, 0.3) is 5.56 Å². The summed E-state index contributed by atoms with van der Waals surface area (Å²) in [5, 5.41) is 7.69. The van der Waals surface area contributed by atoms with Gasteiger partial charge in [-0.25, -0.2) is 4.98 Å². The molecule has 2 aliphatic rings. The van der Waals surface area contributed by atoms with Crippen LogP contribution in [-0.4, -0.2) is 94.6 Å². The lowest BCUT2D eigenvalue weighted by molar-refractivity contribution is -0.103. The van der Waals surface area contributed by atoms with Gasteiger partial charge in [-0.15, -0.1) is 0 Å². The van der Waals surface area contributed by atoms with Crippen LogP contribution in [0.4, 0.5) is 17.3 Å². The van der Waals surface area contributed by atoms with Gasteiger partial charge < -0.3 is 26.0 Å². The van der Waals surface area contributed by atoms with Crippen molar-refractivity contribution in [1.82, 2.24) is 29.3 Å². The zero-order chi connectivity index (χ0) is 32.0. The van der Waals surface area contributed by atoms with Gasteiger partial charge in [0, 0.05) is 84.7 Å². The molecule has 0 saturated carbocycles. The van der Waals surface area contributed by atoms with Crippen LogP contribution in [-0.2, 0) is 16.1 Å². The number of likely N-dealkylation sites (tertiary alicyclic amines) is 1. The van der Waals surface area contributed by atoms with Gasteiger partial charge in [0.05, 0.1) is 24.5 Å². The molecule has 4 N–H and O–H groups in total. The molecule has 4 aromatic rings. The lowest BCUT2D eigenvalue weighted by Gasteiger charge is -2.30. The van der Waals surface area contributed by atoms with Crippen LogP contribution < -0.4 is 21.9 Å². The number of morpholine rings is 1. The molecule has 1 aromatic carbocycles. The molecule has 12 heteroatoms. The van der Waals surface area contributed by atoms with Crippen molar-refractivity contribution in [2.75, 3.05) is 63.6 Å². The number of pyridine rings is 2. The number of nitrogens with one attached hydrogen (secondary N) is 2. The Morgan fingerprint density at radius 3 is 2.54 bits per heavy atom. The Balaban J connectivity index is 1.30. The summed E-state index contributed by atoms with van der Waals surface area (Å²) in [6, 6.07) is 13.9. The number of hydrogen-bond donors (Lipinski definition) is 3. The summed E-state index contributed by atoms with van der Waals surface area (Å²) >= 11 is 0. The maximum absolute atomic E-state index is 14.1. The van der Waals surface area contributed by atoms with Crippen molar-refractivity contribution < 1.29 is 9.53 Å². The number of piperidine rings is 1. The highest BCUT2D eigenvalue weighted by molar-refractivity contribution is 6.05. The predicted molar refractivity (Wildman–Crippen MR) is 181 cm³/mol. The second kappa shape index (κ2) is 14.2. The third-order valence-corrected chi connectivity index (χ3v) is 8.69. The molecule has 6 rings (SSSR count). The molecular formula is C34H41N9O3. The van der Waals surface area contributed by atoms with E-state index < -0.39 is 0 Å². The van der Waals surface area contributed by atoms with Gasteiger partial charge in [-0.2, -0.15) is 4.98 Å². The summed E-state index contributed by atoms with van der Waals surface area (Å²) < 4.78 is 7.24. The number of rotatable bonds is 10. The van der Waals surface area contributed by atoms with Crippen molar-refractivity contribution in [3.05, 3.63) is 76.6 Å². The summed E-state index contributed by atoms with van der Waals surface area (Å²) in [4.78, 5) is 44.2. The van der Waals surface area contributed by atoms with E-state index in [0.29, 0.717) is 72.7 Å². The molecular weight excluding hydrogens is 582 g/mol. The summed E-state index contributed by atoms with van der Waals surface area (Å²) in [6.45, 7) is 8.11. The molecule has 0 amide bonds. The number of benzene rings is 1. The third kappa shape index (κ3) is 7.09. The first-order valence-corrected chi connectivity index (χ1v) is 15.8. The van der Waals surface area contributed by atoms with Crippen molar-refractivity contribution >= 4 is 40.2 Å². The lowest BCUT2D eigenvalue weighted by Crippen LogP contribution is -2.39. The molecule has 1 unspecified atom stereocenters. The first-order valence-electron chi connectivity index (χ1n) is 15.8. The smallest absolute Gasteiger partial charge is 0.260 e. The number of anilines is 3. The molecule has 2 saturated heterocycles. The fourth-order valence-electron chi connectivity index (χ4n) is 6.18. The minimum atomic E-state index is -0.170. The maximum atomic E-state index is 14.1. The van der Waals surface area contributed by atoms with Crippen molar-refractivity contribution in [3.8, 4) is 11.1 Å². The monoisotopic (exact) mass is 623 g/mol. The molecule has 0 bridgehead atoms. The second-order valence-electron chi connectivity index (χ2n) is 12.0. The minimum absolute atomic E-state index is 0.170. The van der Waals surface area contributed by atoms with Crippen molar-refractivity contribution in [2.24, 2.45) is 5.73 Å². The molecule has 0 spiro atoms. The number of nitrogens with two attached hydrogens (primary N) is 1. The van der Waals surface area contributed by atoms with E-state index in [1.165, 1.54) is 19.0 Å². The largest absolute Gasteiger partial charge is 0.404 e. The molecule has 46 heavy (non-hydrogen) atoms. The number of fused-ring (bicyclic) bond motifs is 1. The van der Waals surface area contributed by atoms with Crippen LogP contribution >= 0.6 is 0 Å². The van der Waals surface area contributed by atoms with Gasteiger partial charge in [-0.05, 0) is 69.8 Å². The van der Waals surface area contributed by atoms with Crippen LogP contribution in [0.3, 0.4) is 0 Å². The van der Waals surface area contributed by atoms with Crippen LogP contribution in [0.15, 0.2) is 59.7 Å². The number of allylic oxidation sites excluding steroid dienone is 1. The number of aromatic nitrogens is 4. The van der Waals surface area contributed by atoms with E-state index >= 15 is 0 Å². The number of carbonyl (C=O) groups excluding carboxylic acids is 1. The third-order valence-electron chi connectivity index (χ3n) is 8.69. The topological polar surface area (TPSA) is 144 Å². The van der Waals surface area contributed by atoms with E-state index in [1.54, 1.807) is 22.9 Å². The van der Waals surface area contributed by atoms with Crippen molar-refractivity contribution in [2.45, 2.75) is 32.4 Å². The highest BCUT2D eigenvalue weighted by atomic mass is 16.5. The van der Waals surface area contributed by atoms with Gasteiger partial charge in [0.1, 0.15) is 5.65 Å². The fraction of sp³-hybridized carbons (Fsp3) is 0.382. The van der Waals surface area contributed by atoms with E-state index in [9.17, 15) is 9.59 Å². The zero-order valence-corrected chi connectivity index (χ0v) is 26.4.